The number of urea groups is 1. The van der Waals surface area contributed by atoms with Crippen LogP contribution in [0.25, 0.3) is 0 Å². The van der Waals surface area contributed by atoms with Gasteiger partial charge in [-0.05, 0) is 44.4 Å². The van der Waals surface area contributed by atoms with Gasteiger partial charge in [-0.3, -0.25) is 4.79 Å². The Hall–Kier alpha value is -3.34. The molecule has 218 valence electrons. The molecule has 0 aromatic heterocycles. The van der Waals surface area contributed by atoms with Gasteiger partial charge in [-0.2, -0.15) is 13.2 Å². The summed E-state index contributed by atoms with van der Waals surface area (Å²) < 4.78 is 65.1. The number of rotatable bonds is 8. The third kappa shape index (κ3) is 6.19. The van der Waals surface area contributed by atoms with E-state index in [4.69, 9.17) is 9.47 Å². The zero-order valence-corrected chi connectivity index (χ0v) is 22.9. The summed E-state index contributed by atoms with van der Waals surface area (Å²) in [5, 5.41) is 5.90. The van der Waals surface area contributed by atoms with E-state index in [1.165, 1.54) is 24.3 Å². The minimum absolute atomic E-state index is 0.267. The Labute approximate surface area is 231 Å². The predicted molar refractivity (Wildman–Crippen MR) is 141 cm³/mol. The van der Waals surface area contributed by atoms with E-state index in [0.717, 1.165) is 17.7 Å². The van der Waals surface area contributed by atoms with Gasteiger partial charge in [-0.25, -0.2) is 9.18 Å². The van der Waals surface area contributed by atoms with Crippen molar-refractivity contribution in [1.29, 1.82) is 0 Å². The Balaban J connectivity index is 1.54. The number of ether oxygens (including phenoxy) is 2. The third-order valence-electron chi connectivity index (χ3n) is 7.99. The fraction of sp³-hybridized carbons (Fsp3) is 0.517. The van der Waals surface area contributed by atoms with E-state index in [1.807, 2.05) is 0 Å². The van der Waals surface area contributed by atoms with Gasteiger partial charge in [0.2, 0.25) is 5.91 Å². The monoisotopic (exact) mass is 565 g/mol. The van der Waals surface area contributed by atoms with Crippen molar-refractivity contribution in [3.8, 4) is 5.75 Å². The summed E-state index contributed by atoms with van der Waals surface area (Å²) in [7, 11) is 1.59. The van der Waals surface area contributed by atoms with Crippen LogP contribution in [0.3, 0.4) is 0 Å². The zero-order valence-electron chi connectivity index (χ0n) is 22.9. The Morgan fingerprint density at radius 1 is 1.07 bits per heavy atom. The molecule has 2 aliphatic heterocycles. The summed E-state index contributed by atoms with van der Waals surface area (Å²) in [4.78, 5) is 27.7. The fourth-order valence-corrected chi connectivity index (χ4v) is 5.65. The lowest BCUT2D eigenvalue weighted by molar-refractivity contribution is -0.140. The largest absolute Gasteiger partial charge is 0.493 e. The van der Waals surface area contributed by atoms with Crippen LogP contribution in [0, 0.1) is 5.82 Å². The van der Waals surface area contributed by atoms with Gasteiger partial charge in [0.05, 0.1) is 23.1 Å². The van der Waals surface area contributed by atoms with Crippen molar-refractivity contribution in [2.24, 2.45) is 0 Å². The highest BCUT2D eigenvalue weighted by atomic mass is 19.4. The molecule has 1 spiro atoms. The molecule has 2 aromatic rings. The molecule has 2 fully saturated rings. The maximum atomic E-state index is 14.2. The maximum absolute atomic E-state index is 14.2. The molecule has 4 rings (SSSR count). The van der Waals surface area contributed by atoms with Gasteiger partial charge in [0.25, 0.3) is 0 Å². The normalized spacial score (nSPS) is 19.2. The van der Waals surface area contributed by atoms with Crippen LogP contribution in [0.5, 0.6) is 5.75 Å². The average molecular weight is 566 g/mol. The summed E-state index contributed by atoms with van der Waals surface area (Å²) in [5.41, 5.74) is -1.69. The number of halogens is 4. The number of amides is 3. The summed E-state index contributed by atoms with van der Waals surface area (Å²) >= 11 is 0. The molecule has 2 N–H and O–H groups in total. The molecule has 2 aliphatic rings. The van der Waals surface area contributed by atoms with Crippen LogP contribution in [-0.2, 0) is 21.1 Å². The van der Waals surface area contributed by atoms with Crippen LogP contribution in [0.1, 0.15) is 55.7 Å². The Morgan fingerprint density at radius 2 is 1.77 bits per heavy atom. The quantitative estimate of drug-likeness (QED) is 0.349. The molecule has 0 saturated carbocycles. The van der Waals surface area contributed by atoms with Crippen LogP contribution in [0.4, 0.5) is 22.4 Å². The number of carbonyl (C=O) groups excluding carboxylic acids is 2. The number of nitrogens with zero attached hydrogens (tertiary/aromatic N) is 1. The molecule has 2 aromatic carbocycles. The molecular formula is C29H35F4N3O4. The highest BCUT2D eigenvalue weighted by Gasteiger charge is 2.49. The Bertz CT molecular complexity index is 1230. The summed E-state index contributed by atoms with van der Waals surface area (Å²) in [6, 6.07) is 8.88. The van der Waals surface area contributed by atoms with Crippen molar-refractivity contribution in [3.63, 3.8) is 0 Å². The summed E-state index contributed by atoms with van der Waals surface area (Å²) in [6.45, 7) is 4.96. The Kier molecular flexibility index (Phi) is 8.63. The van der Waals surface area contributed by atoms with Gasteiger partial charge >= 0.3 is 12.2 Å². The second-order valence-electron chi connectivity index (χ2n) is 10.9. The molecule has 1 atom stereocenters. The van der Waals surface area contributed by atoms with Crippen LogP contribution < -0.4 is 15.4 Å². The number of nitrogens with one attached hydrogen (secondary N) is 2. The highest BCUT2D eigenvalue weighted by Crippen LogP contribution is 2.43. The van der Waals surface area contributed by atoms with E-state index in [2.05, 4.69) is 10.6 Å². The molecule has 11 heteroatoms. The lowest BCUT2D eigenvalue weighted by atomic mass is 9.71. The van der Waals surface area contributed by atoms with Crippen molar-refractivity contribution in [2.45, 2.75) is 56.2 Å². The third-order valence-corrected chi connectivity index (χ3v) is 7.99. The van der Waals surface area contributed by atoms with Gasteiger partial charge in [-0.15, -0.1) is 0 Å². The molecule has 3 amide bonds. The summed E-state index contributed by atoms with van der Waals surface area (Å²) in [6.07, 6.45) is -3.07. The molecular weight excluding hydrogens is 530 g/mol. The van der Waals surface area contributed by atoms with E-state index in [-0.39, 0.29) is 23.4 Å². The minimum Gasteiger partial charge on any atom is -0.493 e. The first-order chi connectivity index (χ1) is 18.9. The first-order valence-corrected chi connectivity index (χ1v) is 13.3. The minimum atomic E-state index is -4.51. The number of hydrogen-bond donors (Lipinski definition) is 2. The van der Waals surface area contributed by atoms with Crippen molar-refractivity contribution in [2.75, 3.05) is 40.0 Å². The number of alkyl halides is 3. The van der Waals surface area contributed by atoms with E-state index >= 15 is 0 Å². The molecule has 7 nitrogen and oxygen atoms in total. The standard InChI is InChI=1S/C29H35F4N3O4/c1-27(2,19-6-4-7-20(16-19)29(31,32)33)25(37)36-12-10-28(11-13-36)23(18-34-26(38)35-28)22-9-8-21(30)17-24(22)40-15-5-14-39-3/h4,6-9,16-17,23H,5,10-15,18H2,1-3H3,(H2,34,35,38)/t23-/m0/s1. The van der Waals surface area contributed by atoms with Crippen LogP contribution >= 0.6 is 0 Å². The smallest absolute Gasteiger partial charge is 0.416 e. The van der Waals surface area contributed by atoms with Crippen LogP contribution in [0.15, 0.2) is 42.5 Å². The van der Waals surface area contributed by atoms with Gasteiger partial charge in [0.15, 0.2) is 0 Å². The molecule has 2 saturated heterocycles. The molecule has 0 bridgehead atoms. The molecule has 2 heterocycles. The average Bonchev–Trinajstić information content (AvgIpc) is 2.91. The molecule has 40 heavy (non-hydrogen) atoms. The molecule has 0 aliphatic carbocycles. The van der Waals surface area contributed by atoms with Crippen molar-refractivity contribution >= 4 is 11.9 Å². The number of benzene rings is 2. The zero-order chi connectivity index (χ0) is 29.1. The van der Waals surface area contributed by atoms with Crippen molar-refractivity contribution in [1.82, 2.24) is 15.5 Å². The highest BCUT2D eigenvalue weighted by molar-refractivity contribution is 5.87. The van der Waals surface area contributed by atoms with Gasteiger partial charge in [-0.1, -0.05) is 24.3 Å². The first-order valence-electron chi connectivity index (χ1n) is 13.3. The van der Waals surface area contributed by atoms with E-state index in [1.54, 1.807) is 31.9 Å². The van der Waals surface area contributed by atoms with E-state index < -0.39 is 28.5 Å². The predicted octanol–water partition coefficient (Wildman–Crippen LogP) is 5.00. The lowest BCUT2D eigenvalue weighted by Gasteiger charge is -2.50. The van der Waals surface area contributed by atoms with Crippen LogP contribution in [-0.4, -0.2) is 62.3 Å². The number of methoxy groups -OCH3 is 1. The number of likely N-dealkylation sites (tertiary alicyclic amines) is 1. The number of piperidine rings is 1. The topological polar surface area (TPSA) is 79.9 Å². The number of carbonyl (C=O) groups is 2. The first kappa shape index (κ1) is 29.6. The van der Waals surface area contributed by atoms with E-state index in [9.17, 15) is 27.2 Å². The van der Waals surface area contributed by atoms with Crippen LogP contribution in [0.2, 0.25) is 0 Å². The van der Waals surface area contributed by atoms with E-state index in [0.29, 0.717) is 57.9 Å². The van der Waals surface area contributed by atoms with Gasteiger partial charge < -0.3 is 25.0 Å². The molecule has 0 radical (unpaired) electrons. The lowest BCUT2D eigenvalue weighted by Crippen LogP contribution is -2.66. The fourth-order valence-electron chi connectivity index (χ4n) is 5.65. The molecule has 0 unspecified atom stereocenters. The van der Waals surface area contributed by atoms with Crippen molar-refractivity contribution in [3.05, 3.63) is 65.0 Å². The number of hydrogen-bond acceptors (Lipinski definition) is 4. The summed E-state index contributed by atoms with van der Waals surface area (Å²) in [5.74, 6) is -0.605. The van der Waals surface area contributed by atoms with Crippen molar-refractivity contribution < 1.29 is 36.6 Å². The Morgan fingerprint density at radius 3 is 2.45 bits per heavy atom. The maximum Gasteiger partial charge on any atom is 0.416 e. The second-order valence-corrected chi connectivity index (χ2v) is 10.9. The van der Waals surface area contributed by atoms with Gasteiger partial charge in [0.1, 0.15) is 11.6 Å². The van der Waals surface area contributed by atoms with Gasteiger partial charge in [0, 0.05) is 57.3 Å². The SMILES string of the molecule is COCCCOc1cc(F)ccc1[C@@H]1CNC(=O)NC12CCN(C(=O)C(C)(C)c1cccc(C(F)(F)F)c1)CC2. The second kappa shape index (κ2) is 11.6.